The Morgan fingerprint density at radius 1 is 1.05 bits per heavy atom. The molecule has 100 valence electrons. The highest BCUT2D eigenvalue weighted by Gasteiger charge is 2.14. The molecule has 0 saturated heterocycles. The molecule has 2 aromatic carbocycles. The third kappa shape index (κ3) is 3.10. The van der Waals surface area contributed by atoms with E-state index < -0.39 is 17.5 Å². The van der Waals surface area contributed by atoms with Gasteiger partial charge in [-0.25, -0.2) is 13.2 Å². The van der Waals surface area contributed by atoms with E-state index in [1.807, 2.05) is 0 Å². The van der Waals surface area contributed by atoms with Crippen LogP contribution in [0.4, 0.5) is 13.2 Å². The molecule has 1 nitrogen and oxygen atoms in total. The third-order valence-electron chi connectivity index (χ3n) is 2.60. The first kappa shape index (κ1) is 13.9. The molecule has 0 atom stereocenters. The highest BCUT2D eigenvalue weighted by atomic mass is 79.9. The molecule has 0 spiro atoms. The monoisotopic (exact) mass is 330 g/mol. The van der Waals surface area contributed by atoms with E-state index in [1.165, 1.54) is 18.2 Å². The number of benzene rings is 2. The quantitative estimate of drug-likeness (QED) is 0.737. The van der Waals surface area contributed by atoms with Gasteiger partial charge in [0.1, 0.15) is 18.2 Å². The molecule has 0 heterocycles. The van der Waals surface area contributed by atoms with Crippen molar-refractivity contribution in [3.05, 3.63) is 63.4 Å². The van der Waals surface area contributed by atoms with Crippen LogP contribution in [0.25, 0.3) is 0 Å². The molecule has 19 heavy (non-hydrogen) atoms. The van der Waals surface area contributed by atoms with Crippen LogP contribution < -0.4 is 4.74 Å². The average molecular weight is 331 g/mol. The Hall–Kier alpha value is -1.49. The molecule has 0 radical (unpaired) electrons. The topological polar surface area (TPSA) is 9.23 Å². The predicted octanol–water partition coefficient (Wildman–Crippen LogP) is 4.75. The summed E-state index contributed by atoms with van der Waals surface area (Å²) in [6.45, 7) is 1.39. The largest absolute Gasteiger partial charge is 0.486 e. The Labute approximate surface area is 117 Å². The van der Waals surface area contributed by atoms with Crippen LogP contribution in [-0.2, 0) is 6.61 Å². The minimum atomic E-state index is -0.743. The van der Waals surface area contributed by atoms with E-state index in [4.69, 9.17) is 4.74 Å². The van der Waals surface area contributed by atoms with Gasteiger partial charge in [0.15, 0.2) is 11.6 Å². The molecular weight excluding hydrogens is 321 g/mol. The summed E-state index contributed by atoms with van der Waals surface area (Å²) in [5, 5.41) is 0. The first-order valence-electron chi connectivity index (χ1n) is 5.50. The van der Waals surface area contributed by atoms with Crippen molar-refractivity contribution in [3.63, 3.8) is 0 Å². The summed E-state index contributed by atoms with van der Waals surface area (Å²) < 4.78 is 45.9. The molecular formula is C14H10BrF3O. The first-order valence-corrected chi connectivity index (χ1v) is 6.29. The lowest BCUT2D eigenvalue weighted by atomic mass is 10.2. The number of rotatable bonds is 3. The van der Waals surface area contributed by atoms with Crippen LogP contribution in [0.2, 0.25) is 0 Å². The summed E-state index contributed by atoms with van der Waals surface area (Å²) in [4.78, 5) is 0. The number of halogens is 4. The van der Waals surface area contributed by atoms with Gasteiger partial charge in [-0.2, -0.15) is 0 Å². The van der Waals surface area contributed by atoms with E-state index in [9.17, 15) is 13.2 Å². The molecule has 0 aliphatic rings. The smallest absolute Gasteiger partial charge is 0.165 e. The van der Waals surface area contributed by atoms with Gasteiger partial charge in [-0.1, -0.05) is 6.07 Å². The predicted molar refractivity (Wildman–Crippen MR) is 69.5 cm³/mol. The molecule has 2 aromatic rings. The zero-order chi connectivity index (χ0) is 14.0. The van der Waals surface area contributed by atoms with Crippen LogP contribution in [0.15, 0.2) is 34.8 Å². The Morgan fingerprint density at radius 2 is 1.74 bits per heavy atom. The number of hydrogen-bond donors (Lipinski definition) is 0. The Bertz CT molecular complexity index is 614. The second-order valence-corrected chi connectivity index (χ2v) is 4.90. The lowest BCUT2D eigenvalue weighted by molar-refractivity contribution is 0.278. The van der Waals surface area contributed by atoms with E-state index in [2.05, 4.69) is 15.9 Å². The maximum absolute atomic E-state index is 13.7. The van der Waals surface area contributed by atoms with E-state index in [0.29, 0.717) is 0 Å². The van der Waals surface area contributed by atoms with Gasteiger partial charge in [0.2, 0.25) is 0 Å². The van der Waals surface area contributed by atoms with Crippen LogP contribution in [-0.4, -0.2) is 0 Å². The van der Waals surface area contributed by atoms with Gasteiger partial charge < -0.3 is 4.74 Å². The second kappa shape index (κ2) is 5.65. The maximum atomic E-state index is 13.7. The van der Waals surface area contributed by atoms with E-state index in [0.717, 1.165) is 11.6 Å². The zero-order valence-electron chi connectivity index (χ0n) is 10.0. The lowest BCUT2D eigenvalue weighted by Crippen LogP contribution is -2.03. The molecule has 0 amide bonds. The van der Waals surface area contributed by atoms with Gasteiger partial charge in [-0.3, -0.25) is 0 Å². The zero-order valence-corrected chi connectivity index (χ0v) is 11.6. The maximum Gasteiger partial charge on any atom is 0.165 e. The minimum absolute atomic E-state index is 0.0289. The van der Waals surface area contributed by atoms with Gasteiger partial charge in [0, 0.05) is 0 Å². The third-order valence-corrected chi connectivity index (χ3v) is 3.21. The van der Waals surface area contributed by atoms with Crippen molar-refractivity contribution < 1.29 is 17.9 Å². The van der Waals surface area contributed by atoms with Crippen LogP contribution in [0.3, 0.4) is 0 Å². The van der Waals surface area contributed by atoms with Crippen LogP contribution >= 0.6 is 15.9 Å². The fourth-order valence-electron chi connectivity index (χ4n) is 1.57. The molecule has 0 aliphatic heterocycles. The van der Waals surface area contributed by atoms with Crippen LogP contribution in [0, 0.1) is 24.4 Å². The SMILES string of the molecule is Cc1ccc(F)c(OCc2c(F)ccc(Br)c2F)c1. The molecule has 0 aromatic heterocycles. The van der Waals surface area contributed by atoms with Crippen LogP contribution in [0.1, 0.15) is 11.1 Å². The molecule has 0 saturated carbocycles. The normalized spacial score (nSPS) is 10.6. The minimum Gasteiger partial charge on any atom is -0.486 e. The number of ether oxygens (including phenoxy) is 1. The van der Waals surface area contributed by atoms with Crippen molar-refractivity contribution in [1.29, 1.82) is 0 Å². The second-order valence-electron chi connectivity index (χ2n) is 4.04. The highest BCUT2D eigenvalue weighted by molar-refractivity contribution is 9.10. The molecule has 0 aliphatic carbocycles. The Morgan fingerprint density at radius 3 is 2.47 bits per heavy atom. The van der Waals surface area contributed by atoms with E-state index in [1.54, 1.807) is 13.0 Å². The highest BCUT2D eigenvalue weighted by Crippen LogP contribution is 2.24. The average Bonchev–Trinajstić information content (AvgIpc) is 2.38. The fraction of sp³-hybridized carbons (Fsp3) is 0.143. The van der Waals surface area contributed by atoms with Gasteiger partial charge >= 0.3 is 0 Å². The molecule has 5 heteroatoms. The van der Waals surface area contributed by atoms with Crippen molar-refractivity contribution in [2.45, 2.75) is 13.5 Å². The summed E-state index contributed by atoms with van der Waals surface area (Å²) in [5.74, 6) is -2.07. The summed E-state index contributed by atoms with van der Waals surface area (Å²) in [6, 6.07) is 6.70. The molecule has 0 bridgehead atoms. The van der Waals surface area contributed by atoms with Gasteiger partial charge in [-0.15, -0.1) is 0 Å². The summed E-state index contributed by atoms with van der Waals surface area (Å²) >= 11 is 2.96. The van der Waals surface area contributed by atoms with Crippen molar-refractivity contribution in [2.24, 2.45) is 0 Å². The lowest BCUT2D eigenvalue weighted by Gasteiger charge is -2.10. The fourth-order valence-corrected chi connectivity index (χ4v) is 1.94. The Balaban J connectivity index is 2.24. The molecule has 0 N–H and O–H groups in total. The van der Waals surface area contributed by atoms with E-state index >= 15 is 0 Å². The van der Waals surface area contributed by atoms with Crippen molar-refractivity contribution in [1.82, 2.24) is 0 Å². The summed E-state index contributed by atoms with van der Waals surface area (Å²) in [6.07, 6.45) is 0. The van der Waals surface area contributed by atoms with Gasteiger partial charge in [0.05, 0.1) is 10.0 Å². The molecule has 0 fully saturated rings. The number of hydrogen-bond acceptors (Lipinski definition) is 1. The standard InChI is InChI=1S/C14H10BrF3O/c1-8-2-4-12(17)13(6-8)19-7-9-11(16)5-3-10(15)14(9)18/h2-6H,7H2,1H3. The van der Waals surface area contributed by atoms with Crippen molar-refractivity contribution >= 4 is 15.9 Å². The summed E-state index contributed by atoms with van der Waals surface area (Å²) in [7, 11) is 0. The van der Waals surface area contributed by atoms with Gasteiger partial charge in [-0.05, 0) is 52.7 Å². The van der Waals surface area contributed by atoms with Crippen LogP contribution in [0.5, 0.6) is 5.75 Å². The first-order chi connectivity index (χ1) is 8.99. The molecule has 0 unspecified atom stereocenters. The molecule has 2 rings (SSSR count). The number of aryl methyl sites for hydroxylation is 1. The van der Waals surface area contributed by atoms with Crippen molar-refractivity contribution in [3.8, 4) is 5.75 Å². The Kier molecular flexibility index (Phi) is 4.14. The summed E-state index contributed by atoms with van der Waals surface area (Å²) in [5.41, 5.74) is 0.557. The van der Waals surface area contributed by atoms with Gasteiger partial charge in [0.25, 0.3) is 0 Å². The van der Waals surface area contributed by atoms with Crippen molar-refractivity contribution in [2.75, 3.05) is 0 Å². The van der Waals surface area contributed by atoms with E-state index in [-0.39, 0.29) is 22.4 Å².